The van der Waals surface area contributed by atoms with E-state index in [0.29, 0.717) is 30.4 Å². The van der Waals surface area contributed by atoms with Gasteiger partial charge in [0.25, 0.3) is 0 Å². The van der Waals surface area contributed by atoms with E-state index in [0.717, 1.165) is 64.3 Å². The van der Waals surface area contributed by atoms with Gasteiger partial charge >= 0.3 is 12.2 Å². The Morgan fingerprint density at radius 2 is 1.41 bits per heavy atom. The maximum atomic E-state index is 13.7. The van der Waals surface area contributed by atoms with Gasteiger partial charge < -0.3 is 44.6 Å². The SMILES string of the molecule is COC(=O)NC(C(=O)N1CCCC1c1ncc(-c2ccc(C#Cc3ccc4c(ccc5[nH]c(C6CCCN6C(=O)C(NC(=O)OC)C(C)OC)nc54)c3)cn2)[nH]1)C(C)C. The summed E-state index contributed by atoms with van der Waals surface area (Å²) < 4.78 is 14.9. The van der Waals surface area contributed by atoms with Crippen LogP contribution in [-0.2, 0) is 23.8 Å². The number of imidazole rings is 2. The second-order valence-corrected chi connectivity index (χ2v) is 15.2. The maximum absolute atomic E-state index is 13.7. The summed E-state index contributed by atoms with van der Waals surface area (Å²) in [6, 6.07) is 11.6. The van der Waals surface area contributed by atoms with Gasteiger partial charge in [0.2, 0.25) is 11.8 Å². The lowest BCUT2D eigenvalue weighted by molar-refractivity contribution is -0.137. The summed E-state index contributed by atoms with van der Waals surface area (Å²) in [5.74, 6) is 7.29. The lowest BCUT2D eigenvalue weighted by Crippen LogP contribution is -2.54. The van der Waals surface area contributed by atoms with E-state index >= 15 is 0 Å². The number of fused-ring (bicyclic) bond motifs is 3. The van der Waals surface area contributed by atoms with E-state index in [4.69, 9.17) is 19.2 Å². The predicted octanol–water partition coefficient (Wildman–Crippen LogP) is 5.37. The van der Waals surface area contributed by atoms with Crippen molar-refractivity contribution >= 4 is 45.8 Å². The number of rotatable bonds is 10. The van der Waals surface area contributed by atoms with E-state index in [1.165, 1.54) is 21.3 Å². The van der Waals surface area contributed by atoms with E-state index in [1.807, 2.05) is 56.3 Å². The van der Waals surface area contributed by atoms with Crippen molar-refractivity contribution in [3.05, 3.63) is 77.6 Å². The predicted molar refractivity (Wildman–Crippen MR) is 219 cm³/mol. The monoisotopic (exact) mass is 803 g/mol. The van der Waals surface area contributed by atoms with E-state index in [2.05, 4.69) is 42.4 Å². The van der Waals surface area contributed by atoms with Crippen LogP contribution in [-0.4, -0.2) is 111 Å². The number of benzene rings is 2. The number of nitrogens with zero attached hydrogens (tertiary/aromatic N) is 5. The van der Waals surface area contributed by atoms with Crippen LogP contribution in [0.3, 0.4) is 0 Å². The van der Waals surface area contributed by atoms with E-state index in [9.17, 15) is 19.2 Å². The molecule has 2 aliphatic heterocycles. The second-order valence-electron chi connectivity index (χ2n) is 15.2. The van der Waals surface area contributed by atoms with Gasteiger partial charge in [-0.05, 0) is 74.2 Å². The molecule has 0 saturated carbocycles. The van der Waals surface area contributed by atoms with Gasteiger partial charge in [0, 0.05) is 42.9 Å². The molecule has 2 fully saturated rings. The number of carbonyl (C=O) groups is 4. The summed E-state index contributed by atoms with van der Waals surface area (Å²) in [6.45, 7) is 6.61. The Kier molecular flexibility index (Phi) is 12.1. The number of aromatic amines is 2. The standard InChI is InChI=1S/C43H49N9O7/c1-24(2)35(49-42(55)58-5)40(53)51-19-7-9-33(51)38-45-23-32(47-38)30-17-14-27(22-44-30)12-11-26-13-16-29-28(21-26)15-18-31-37(29)48-39(46-31)34-10-8-20-52(34)41(54)36(25(3)57-4)50-43(56)59-6/h13-18,21-25,33-36H,7-10,19-20H2,1-6H3,(H,45,47)(H,46,48)(H,49,55)(H,50,56). The topological polar surface area (TPSA) is 197 Å². The summed E-state index contributed by atoms with van der Waals surface area (Å²) in [4.78, 5) is 75.8. The largest absolute Gasteiger partial charge is 0.453 e. The van der Waals surface area contributed by atoms with Crippen LogP contribution in [0.4, 0.5) is 9.59 Å². The minimum absolute atomic E-state index is 0.121. The van der Waals surface area contributed by atoms with Crippen molar-refractivity contribution in [2.45, 2.75) is 76.7 Å². The van der Waals surface area contributed by atoms with Crippen LogP contribution < -0.4 is 10.6 Å². The number of hydrogen-bond donors (Lipinski definition) is 4. The zero-order valence-corrected chi connectivity index (χ0v) is 34.0. The Balaban J connectivity index is 1.04. The first-order valence-electron chi connectivity index (χ1n) is 19.8. The Morgan fingerprint density at radius 1 is 0.763 bits per heavy atom. The fraction of sp³-hybridized carbons (Fsp3) is 0.419. The van der Waals surface area contributed by atoms with Gasteiger partial charge in [-0.2, -0.15) is 0 Å². The molecule has 3 aromatic heterocycles. The Bertz CT molecular complexity index is 2410. The molecular weight excluding hydrogens is 755 g/mol. The molecule has 16 nitrogen and oxygen atoms in total. The third kappa shape index (κ3) is 8.56. The fourth-order valence-electron chi connectivity index (χ4n) is 7.85. The van der Waals surface area contributed by atoms with Crippen molar-refractivity contribution in [3.63, 3.8) is 0 Å². The first-order chi connectivity index (χ1) is 28.5. The number of H-pyrrole nitrogens is 2. The molecule has 0 aliphatic carbocycles. The molecule has 5 heterocycles. The molecule has 7 rings (SSSR count). The van der Waals surface area contributed by atoms with Crippen molar-refractivity contribution in [1.82, 2.24) is 45.4 Å². The highest BCUT2D eigenvalue weighted by atomic mass is 16.5. The number of alkyl carbamates (subject to hydrolysis) is 2. The van der Waals surface area contributed by atoms with Crippen LogP contribution in [0.2, 0.25) is 0 Å². The van der Waals surface area contributed by atoms with Crippen LogP contribution in [0, 0.1) is 17.8 Å². The van der Waals surface area contributed by atoms with E-state index < -0.39 is 30.4 Å². The van der Waals surface area contributed by atoms with Crippen LogP contribution in [0.5, 0.6) is 0 Å². The van der Waals surface area contributed by atoms with Crippen LogP contribution in [0.1, 0.15) is 81.3 Å². The number of nitrogens with one attached hydrogen (secondary N) is 4. The molecule has 0 radical (unpaired) electrons. The summed E-state index contributed by atoms with van der Waals surface area (Å²) in [7, 11) is 4.03. The average Bonchev–Trinajstić information content (AvgIpc) is 4.09. The fourth-order valence-corrected chi connectivity index (χ4v) is 7.85. The molecule has 16 heteroatoms. The van der Waals surface area contributed by atoms with Gasteiger partial charge in [-0.25, -0.2) is 19.6 Å². The smallest absolute Gasteiger partial charge is 0.407 e. The van der Waals surface area contributed by atoms with Gasteiger partial charge in [-0.1, -0.05) is 37.8 Å². The van der Waals surface area contributed by atoms with Crippen molar-refractivity contribution in [1.29, 1.82) is 0 Å². The van der Waals surface area contributed by atoms with Crippen LogP contribution in [0.15, 0.2) is 54.9 Å². The first-order valence-corrected chi connectivity index (χ1v) is 19.8. The van der Waals surface area contributed by atoms with Crippen LogP contribution in [0.25, 0.3) is 33.2 Å². The number of aromatic nitrogens is 5. The summed E-state index contributed by atoms with van der Waals surface area (Å²) in [6.07, 6.45) is 4.64. The number of carbonyl (C=O) groups excluding carboxylic acids is 4. The molecular formula is C43H49N9O7. The minimum Gasteiger partial charge on any atom is -0.453 e. The third-order valence-electron chi connectivity index (χ3n) is 11.1. The zero-order valence-electron chi connectivity index (χ0n) is 34.0. The Labute approximate surface area is 341 Å². The number of methoxy groups -OCH3 is 3. The van der Waals surface area contributed by atoms with Crippen molar-refractivity contribution in [2.75, 3.05) is 34.4 Å². The van der Waals surface area contributed by atoms with Crippen molar-refractivity contribution < 1.29 is 33.4 Å². The molecule has 2 saturated heterocycles. The molecule has 5 aromatic rings. The quantitative estimate of drug-likeness (QED) is 0.133. The molecule has 5 atom stereocenters. The second kappa shape index (κ2) is 17.6. The molecule has 2 aromatic carbocycles. The normalized spacial score (nSPS) is 18.0. The number of pyridine rings is 1. The first kappa shape index (κ1) is 40.7. The molecule has 308 valence electrons. The number of hydrogen-bond acceptors (Lipinski definition) is 10. The number of likely N-dealkylation sites (tertiary alicyclic amines) is 2. The highest BCUT2D eigenvalue weighted by Gasteiger charge is 2.39. The third-order valence-corrected chi connectivity index (χ3v) is 11.1. The molecule has 0 bridgehead atoms. The highest BCUT2D eigenvalue weighted by Crippen LogP contribution is 2.35. The minimum atomic E-state index is -0.910. The molecule has 2 aliphatic rings. The molecule has 5 unspecified atom stereocenters. The lowest BCUT2D eigenvalue weighted by atomic mass is 10.0. The van der Waals surface area contributed by atoms with Gasteiger partial charge in [-0.15, -0.1) is 0 Å². The van der Waals surface area contributed by atoms with Gasteiger partial charge in [0.05, 0.1) is 61.0 Å². The van der Waals surface area contributed by atoms with Gasteiger partial charge in [0.15, 0.2) is 0 Å². The Hall–Kier alpha value is -6.47. The van der Waals surface area contributed by atoms with Gasteiger partial charge in [0.1, 0.15) is 23.7 Å². The Morgan fingerprint density at radius 3 is 2.05 bits per heavy atom. The molecule has 0 spiro atoms. The maximum Gasteiger partial charge on any atom is 0.407 e. The summed E-state index contributed by atoms with van der Waals surface area (Å²) in [5.41, 5.74) is 4.65. The zero-order chi connectivity index (χ0) is 41.8. The average molecular weight is 804 g/mol. The van der Waals surface area contributed by atoms with Gasteiger partial charge in [-0.3, -0.25) is 14.6 Å². The van der Waals surface area contributed by atoms with Crippen molar-refractivity contribution in [2.24, 2.45) is 5.92 Å². The van der Waals surface area contributed by atoms with Crippen LogP contribution >= 0.6 is 0 Å². The highest BCUT2D eigenvalue weighted by molar-refractivity contribution is 6.04. The number of ether oxygens (including phenoxy) is 3. The molecule has 59 heavy (non-hydrogen) atoms. The summed E-state index contributed by atoms with van der Waals surface area (Å²) in [5, 5.41) is 7.24. The van der Waals surface area contributed by atoms with E-state index in [-0.39, 0.29) is 29.8 Å². The number of amides is 4. The van der Waals surface area contributed by atoms with Crippen molar-refractivity contribution in [3.8, 4) is 23.2 Å². The lowest BCUT2D eigenvalue weighted by Gasteiger charge is -2.30. The molecule has 4 N–H and O–H groups in total. The summed E-state index contributed by atoms with van der Waals surface area (Å²) >= 11 is 0. The molecule has 4 amide bonds. The van der Waals surface area contributed by atoms with E-state index in [1.54, 1.807) is 29.1 Å².